The van der Waals surface area contributed by atoms with Gasteiger partial charge in [0, 0.05) is 15.0 Å². The van der Waals surface area contributed by atoms with Crippen LogP contribution in [0.25, 0.3) is 22.3 Å². The maximum Gasteiger partial charge on any atom is 1.00 e. The van der Waals surface area contributed by atoms with Gasteiger partial charge < -0.3 is 166 Å². The number of alkyl halides is 1. The Kier molecular flexibility index (Phi) is 34.8. The normalized spacial score (nSPS) is 30.2. The number of nitriles is 1. The van der Waals surface area contributed by atoms with Crippen molar-refractivity contribution in [2.24, 2.45) is 21.5 Å². The fourth-order valence-corrected chi connectivity index (χ4v) is 18.2. The van der Waals surface area contributed by atoms with E-state index in [2.05, 4.69) is 95.3 Å². The number of guanidine groups is 2. The van der Waals surface area contributed by atoms with E-state index in [0.29, 0.717) is 29.1 Å². The molecule has 12 rings (SSSR count). The number of aromatic nitrogens is 12. The van der Waals surface area contributed by atoms with E-state index in [4.69, 9.17) is 111 Å². The smallest absolute Gasteiger partial charge is 0.870 e. The molecule has 0 radical (unpaired) electrons. The molecule has 2 aliphatic heterocycles. The van der Waals surface area contributed by atoms with E-state index >= 15 is 0 Å². The first-order valence-electron chi connectivity index (χ1n) is 34.0. The zero-order valence-electron chi connectivity index (χ0n) is 64.8. The zero-order chi connectivity index (χ0) is 87.9. The average molecular weight is 1890 g/mol. The number of imidazole rings is 4. The fourth-order valence-electron chi connectivity index (χ4n) is 12.8. The molecule has 0 spiro atoms. The van der Waals surface area contributed by atoms with Crippen LogP contribution in [0.2, 0.25) is 36.5 Å². The van der Waals surface area contributed by atoms with Crippen LogP contribution in [-0.2, 0) is 55.0 Å². The summed E-state index contributed by atoms with van der Waals surface area (Å²) in [5.41, 5.74) is 16.8. The summed E-state index contributed by atoms with van der Waals surface area (Å²) in [5, 5.41) is 108. The quantitative estimate of drug-likeness (QED) is 0.0128. The van der Waals surface area contributed by atoms with Gasteiger partial charge in [0.25, 0.3) is 0 Å². The number of aliphatic hydroxyl groups is 9. The minimum absolute atomic E-state index is 0. The van der Waals surface area contributed by atoms with Gasteiger partial charge in [-0.1, -0.05) is 61.0 Å². The number of aliphatic hydroxyl groups excluding tert-OH is 5. The van der Waals surface area contributed by atoms with Gasteiger partial charge in [-0.15, -0.1) is 0 Å². The molecule has 8 heterocycles. The van der Waals surface area contributed by atoms with E-state index in [0.717, 1.165) is 0 Å². The van der Waals surface area contributed by atoms with Crippen LogP contribution >= 0.6 is 80.4 Å². The maximum absolute atomic E-state index is 12.0. The molecule has 20 atom stereocenters. The molecule has 660 valence electrons. The first-order chi connectivity index (χ1) is 52.8. The second-order valence-corrected chi connectivity index (χ2v) is 48.5. The van der Waals surface area contributed by atoms with Crippen molar-refractivity contribution in [2.75, 3.05) is 60.8 Å². The topological polar surface area (TPSA) is 831 Å². The number of fused-ring (bicyclic) bond motifs is 4. The minimum Gasteiger partial charge on any atom is -0.870 e. The number of hydrogen-bond acceptors (Lipinski definition) is 39. The Morgan fingerprint density at radius 3 is 1.18 bits per heavy atom. The van der Waals surface area contributed by atoms with Gasteiger partial charge in [0.05, 0.1) is 86.3 Å². The SMILES string of the molecule is CC#N.C[C@@]1(O)[C@H](O)[C@@H](OCP(=O)(O)O)C[C@H]1n1cnc2c(Cl)nc(N)nc21.C[C@@]1(O)[C@H](O)[C@@H](OCP(=O)(O)O)C[C@H]1n1cnc2c1NC(N)=NC2Cl.C[C@@]1(O)[C@H](O)[C@@H](OCP(=O)(O)OP(=O)(O)OP(=O)(O)O)C[C@H]1n1cnc2c1NC(N)=NC2O.C[C@@]1(O)[C@H](O)[C@@H](OCP(C)(C)=O)C[C@H]1n1cnc2c(Cl)nc(N)nc21.C[Si](C)(C)C.[Na+].[OH-]. The molecule has 4 aliphatic carbocycles. The van der Waals surface area contributed by atoms with Gasteiger partial charge in [-0.3, -0.25) is 13.7 Å². The molecule has 0 bridgehead atoms. The molecule has 6 aromatic rings. The van der Waals surface area contributed by atoms with Crippen molar-refractivity contribution >= 4 is 146 Å². The van der Waals surface area contributed by atoms with Crippen molar-refractivity contribution in [1.82, 2.24) is 58.1 Å². The largest absolute Gasteiger partial charge is 1.00 e. The summed E-state index contributed by atoms with van der Waals surface area (Å²) < 4.78 is 102. The Labute approximate surface area is 709 Å². The van der Waals surface area contributed by atoms with E-state index in [9.17, 15) is 83.1 Å². The third kappa shape index (κ3) is 26.4. The van der Waals surface area contributed by atoms with Crippen LogP contribution in [0.1, 0.15) is 108 Å². The number of phosphoric acid groups is 2. The van der Waals surface area contributed by atoms with Gasteiger partial charge in [-0.25, -0.2) is 43.4 Å². The van der Waals surface area contributed by atoms with E-state index in [1.807, 2.05) is 0 Å². The molecule has 28 N–H and O–H groups in total. The number of nitrogens with two attached hydrogens (primary N) is 4. The Morgan fingerprint density at radius 2 is 0.839 bits per heavy atom. The van der Waals surface area contributed by atoms with Crippen molar-refractivity contribution < 1.29 is 175 Å². The molecule has 6 aromatic heterocycles. The van der Waals surface area contributed by atoms with Crippen molar-refractivity contribution in [2.45, 2.75) is 194 Å². The van der Waals surface area contributed by atoms with Gasteiger partial charge in [-0.2, -0.15) is 29.5 Å². The number of nitrogen functional groups attached to an aromatic ring is 2. The van der Waals surface area contributed by atoms with Crippen LogP contribution in [0.3, 0.4) is 0 Å². The number of nitrogens with zero attached hydrogens (tertiary/aromatic N) is 15. The molecule has 4 saturated carbocycles. The number of rotatable bonds is 20. The number of aliphatic imine (C=N–C) groups is 2. The summed E-state index contributed by atoms with van der Waals surface area (Å²) in [7, 11) is -28.1. The molecule has 4 unspecified atom stereocenters. The Hall–Kier alpha value is -4.34. The van der Waals surface area contributed by atoms with Crippen molar-refractivity contribution in [3.8, 4) is 6.07 Å². The second-order valence-electron chi connectivity index (χ2n) is 30.1. The van der Waals surface area contributed by atoms with Crippen LogP contribution in [-0.4, -0.2) is 279 Å². The molecule has 51 nitrogen and oxygen atoms in total. The summed E-state index contributed by atoms with van der Waals surface area (Å²) in [6, 6.07) is -1.21. The monoisotopic (exact) mass is 1880 g/mol. The van der Waals surface area contributed by atoms with Crippen LogP contribution < -0.4 is 63.1 Å². The van der Waals surface area contributed by atoms with Gasteiger partial charge in [-0.05, 0) is 66.7 Å². The fraction of sp³-hybridized carbons (Fsp3) is 0.661. The minimum atomic E-state index is -5.65. The summed E-state index contributed by atoms with van der Waals surface area (Å²) >= 11 is 18.1. The first kappa shape index (κ1) is 104. The van der Waals surface area contributed by atoms with Crippen LogP contribution in [0.15, 0.2) is 35.3 Å². The number of nitrogens with one attached hydrogen (secondary N) is 2. The second kappa shape index (κ2) is 39.5. The van der Waals surface area contributed by atoms with Crippen LogP contribution in [0.4, 0.5) is 23.5 Å². The van der Waals surface area contributed by atoms with E-state index in [1.54, 1.807) is 28.5 Å². The van der Waals surface area contributed by atoms with E-state index in [1.165, 1.54) is 69.1 Å². The molecule has 6 aliphatic rings. The maximum atomic E-state index is 12.0. The number of anilines is 4. The molecule has 118 heavy (non-hydrogen) atoms. The number of halogens is 3. The predicted molar refractivity (Wildman–Crippen MR) is 418 cm³/mol. The molecule has 0 aromatic carbocycles. The third-order valence-corrected chi connectivity index (χ3v) is 24.6. The predicted octanol–water partition coefficient (Wildman–Crippen LogP) is -2.10. The summed E-state index contributed by atoms with van der Waals surface area (Å²) in [6.45, 7) is 19.5. The zero-order valence-corrected chi connectivity index (χ0v) is 75.5. The molecule has 0 amide bonds. The summed E-state index contributed by atoms with van der Waals surface area (Å²) in [4.78, 5) is 112. The molecule has 62 heteroatoms. The van der Waals surface area contributed by atoms with Gasteiger partial charge in [0.2, 0.25) is 11.9 Å². The first-order valence-corrected chi connectivity index (χ1v) is 50.3. The van der Waals surface area contributed by atoms with Crippen molar-refractivity contribution in [1.29, 1.82) is 5.26 Å². The van der Waals surface area contributed by atoms with Gasteiger partial charge in [0.1, 0.15) is 107 Å². The Morgan fingerprint density at radius 1 is 0.534 bits per heavy atom. The van der Waals surface area contributed by atoms with E-state index in [-0.39, 0.29) is 117 Å². The van der Waals surface area contributed by atoms with Crippen molar-refractivity contribution in [3.05, 3.63) is 47.0 Å². The summed E-state index contributed by atoms with van der Waals surface area (Å²) in [6.07, 6.45) is -8.00. The van der Waals surface area contributed by atoms with Crippen LogP contribution in [0.5, 0.6) is 0 Å². The summed E-state index contributed by atoms with van der Waals surface area (Å²) in [5.74, 6) is 0.476. The molecule has 0 saturated heterocycles. The molecular weight excluding hydrogens is 1790 g/mol. The van der Waals surface area contributed by atoms with E-state index < -0.39 is 180 Å². The molecule has 4 fully saturated rings. The number of hydrogen-bond donors (Lipinski definition) is 23. The van der Waals surface area contributed by atoms with Gasteiger partial charge >= 0.3 is 68.0 Å². The standard InChI is InChI=1S/C14H21ClN5O4P.C12H19ClN5O6P.C12H17ClN5O6P.C12H22N5O13P3.C4H12Si.C2H3N.Na.H2O/c1-14(22)8(4-7(10(14)21)24-6-25(2,3)23)20-5-17-9-11(15)18-13(16)19-12(9)20;2*1-12(20)6(2-5(8(12)19)24-4-25(21,22)23)18-3-15-7-9(13)16-11(14)17-10(7)18;1-12(20)6(17-3-14-7-9(17)15-11(13)16-10(7)19)2-5(8(12)18)28-4-31(21,22)29-33(26,27)30-32(23,24)25;1-5(2,3)4;1-2-3;;/h5,7-8,10,21-22H,4,6H2,1-3H3,(H2,16,18,19);3,5-6,8-9,19-20H,2,4H2,1H3,(H3,14,16,17)(H2,21,22,23);3,5-6,8,19-20H,2,4H2,1H3,(H2,14,16,17)(H2,21,22,23);3,5-6,8,10,18-20H,2,4H2,1H3,(H,21,22)(H,26,27)(H3,13,15,16)(H2,23,24,25);1-4H3;1H3;;1H2/q;;;;;;+1;/p-1/t7-,8+,10+,14-;5-,6+,8+,9?,12-;5-,6+,8+,12-;5-,6+,8+,10?,12-;;;;/m0000..../s1. The van der Waals surface area contributed by atoms with Crippen molar-refractivity contribution in [3.63, 3.8) is 0 Å². The van der Waals surface area contributed by atoms with Crippen LogP contribution in [0, 0.1) is 11.3 Å². The Bertz CT molecular complexity index is 4780. The van der Waals surface area contributed by atoms with Gasteiger partial charge in [0.15, 0.2) is 45.2 Å². The average Bonchev–Trinajstić information content (AvgIpc) is 1.61. The Balaban J connectivity index is 0.000000272. The third-order valence-electron chi connectivity index (χ3n) is 18.0. The molecular formula is C56H95Cl3N21NaO30P6Si. The number of ether oxygens (including phenoxy) is 4.